The quantitative estimate of drug-likeness (QED) is 0.464. The van der Waals surface area contributed by atoms with E-state index in [0.717, 1.165) is 0 Å². The first-order valence-electron chi connectivity index (χ1n) is 5.46. The standard InChI is InChI=1S/C10H18N4O3/c1-7(2)17-6-5-11-9-10(14(15)16)12-8(3)13(9)4/h7,11H,5-6H2,1-4H3. The Bertz CT molecular complexity index is 401. The summed E-state index contributed by atoms with van der Waals surface area (Å²) in [6, 6.07) is 0. The molecule has 1 aromatic rings. The van der Waals surface area contributed by atoms with Gasteiger partial charge in [-0.05, 0) is 23.8 Å². The molecule has 0 radical (unpaired) electrons. The van der Waals surface area contributed by atoms with E-state index < -0.39 is 4.92 Å². The summed E-state index contributed by atoms with van der Waals surface area (Å²) in [4.78, 5) is 14.2. The minimum absolute atomic E-state index is 0.144. The summed E-state index contributed by atoms with van der Waals surface area (Å²) in [5, 5.41) is 13.8. The van der Waals surface area contributed by atoms with Gasteiger partial charge in [0.1, 0.15) is 0 Å². The Hall–Kier alpha value is -1.63. The maximum atomic E-state index is 10.8. The SMILES string of the molecule is Cc1nc([N+](=O)[O-])c(NCCOC(C)C)n1C. The molecule has 1 rings (SSSR count). The van der Waals surface area contributed by atoms with Crippen LogP contribution in [0.3, 0.4) is 0 Å². The molecule has 1 aromatic heterocycles. The van der Waals surface area contributed by atoms with Crippen LogP contribution in [0.1, 0.15) is 19.7 Å². The van der Waals surface area contributed by atoms with E-state index in [2.05, 4.69) is 10.3 Å². The maximum absolute atomic E-state index is 10.8. The van der Waals surface area contributed by atoms with E-state index in [-0.39, 0.29) is 11.9 Å². The van der Waals surface area contributed by atoms with E-state index in [1.807, 2.05) is 13.8 Å². The normalized spacial score (nSPS) is 10.9. The van der Waals surface area contributed by atoms with Gasteiger partial charge in [0.05, 0.1) is 12.7 Å². The molecule has 0 spiro atoms. The zero-order valence-corrected chi connectivity index (χ0v) is 10.6. The third kappa shape index (κ3) is 3.42. The number of imidazole rings is 1. The molecule has 0 aliphatic carbocycles. The van der Waals surface area contributed by atoms with Gasteiger partial charge in [-0.2, -0.15) is 0 Å². The van der Waals surface area contributed by atoms with Gasteiger partial charge in [0.15, 0.2) is 0 Å². The lowest BCUT2D eigenvalue weighted by Gasteiger charge is -2.09. The fourth-order valence-corrected chi connectivity index (χ4v) is 1.38. The highest BCUT2D eigenvalue weighted by molar-refractivity contribution is 5.53. The van der Waals surface area contributed by atoms with Crippen molar-refractivity contribution in [1.82, 2.24) is 9.55 Å². The Morgan fingerprint density at radius 1 is 1.59 bits per heavy atom. The van der Waals surface area contributed by atoms with Crippen molar-refractivity contribution in [2.75, 3.05) is 18.5 Å². The largest absolute Gasteiger partial charge is 0.406 e. The lowest BCUT2D eigenvalue weighted by molar-refractivity contribution is -0.388. The monoisotopic (exact) mass is 242 g/mol. The Morgan fingerprint density at radius 2 is 2.24 bits per heavy atom. The van der Waals surface area contributed by atoms with E-state index in [4.69, 9.17) is 4.74 Å². The predicted octanol–water partition coefficient (Wildman–Crippen LogP) is 1.47. The molecule has 96 valence electrons. The summed E-state index contributed by atoms with van der Waals surface area (Å²) in [7, 11) is 1.74. The Morgan fingerprint density at radius 3 is 2.76 bits per heavy atom. The molecule has 1 N–H and O–H groups in total. The topological polar surface area (TPSA) is 82.2 Å². The molecular weight excluding hydrogens is 224 g/mol. The van der Waals surface area contributed by atoms with Crippen molar-refractivity contribution in [1.29, 1.82) is 0 Å². The number of nitrogens with zero attached hydrogens (tertiary/aromatic N) is 3. The second kappa shape index (κ2) is 5.62. The van der Waals surface area contributed by atoms with Crippen LogP contribution in [0.15, 0.2) is 0 Å². The Balaban J connectivity index is 2.66. The van der Waals surface area contributed by atoms with Crippen LogP contribution in [0.2, 0.25) is 0 Å². The molecule has 0 saturated carbocycles. The zero-order chi connectivity index (χ0) is 13.0. The second-order valence-electron chi connectivity index (χ2n) is 3.99. The second-order valence-corrected chi connectivity index (χ2v) is 3.99. The summed E-state index contributed by atoms with van der Waals surface area (Å²) >= 11 is 0. The van der Waals surface area contributed by atoms with Gasteiger partial charge in [0, 0.05) is 20.5 Å². The van der Waals surface area contributed by atoms with Crippen molar-refractivity contribution in [3.63, 3.8) is 0 Å². The first-order chi connectivity index (χ1) is 7.93. The molecule has 7 nitrogen and oxygen atoms in total. The van der Waals surface area contributed by atoms with E-state index >= 15 is 0 Å². The van der Waals surface area contributed by atoms with Gasteiger partial charge in [0.25, 0.3) is 0 Å². The van der Waals surface area contributed by atoms with E-state index in [9.17, 15) is 10.1 Å². The number of aryl methyl sites for hydroxylation is 1. The molecule has 0 aliphatic heterocycles. The first kappa shape index (κ1) is 13.4. The van der Waals surface area contributed by atoms with E-state index in [1.54, 1.807) is 18.5 Å². The minimum atomic E-state index is -0.487. The fraction of sp³-hybridized carbons (Fsp3) is 0.700. The molecule has 17 heavy (non-hydrogen) atoms. The van der Waals surface area contributed by atoms with Gasteiger partial charge in [0.2, 0.25) is 11.6 Å². The highest BCUT2D eigenvalue weighted by atomic mass is 16.6. The van der Waals surface area contributed by atoms with Gasteiger partial charge in [-0.1, -0.05) is 0 Å². The third-order valence-electron chi connectivity index (χ3n) is 2.32. The number of anilines is 1. The molecule has 0 amide bonds. The van der Waals surface area contributed by atoms with Crippen molar-refractivity contribution in [2.45, 2.75) is 26.9 Å². The first-order valence-corrected chi connectivity index (χ1v) is 5.46. The Kier molecular flexibility index (Phi) is 4.45. The van der Waals surface area contributed by atoms with Crippen LogP contribution in [0.5, 0.6) is 0 Å². The van der Waals surface area contributed by atoms with Gasteiger partial charge < -0.3 is 20.2 Å². The number of nitro groups is 1. The molecule has 7 heteroatoms. The number of hydrogen-bond donors (Lipinski definition) is 1. The molecule has 0 fully saturated rings. The smallest absolute Gasteiger partial charge is 0.377 e. The summed E-state index contributed by atoms with van der Waals surface area (Å²) in [6.07, 6.45) is 0.153. The summed E-state index contributed by atoms with van der Waals surface area (Å²) in [5.74, 6) is 0.874. The Labute approximate surface area is 99.9 Å². The van der Waals surface area contributed by atoms with Crippen LogP contribution in [0.4, 0.5) is 11.6 Å². The van der Waals surface area contributed by atoms with Gasteiger partial charge >= 0.3 is 5.82 Å². The van der Waals surface area contributed by atoms with Crippen molar-refractivity contribution in [3.8, 4) is 0 Å². The van der Waals surface area contributed by atoms with Crippen LogP contribution in [0, 0.1) is 17.0 Å². The predicted molar refractivity (Wildman–Crippen MR) is 64.2 cm³/mol. The van der Waals surface area contributed by atoms with Crippen LogP contribution >= 0.6 is 0 Å². The molecule has 0 aliphatic rings. The highest BCUT2D eigenvalue weighted by Crippen LogP contribution is 2.23. The van der Waals surface area contributed by atoms with Crippen LogP contribution in [-0.4, -0.2) is 33.7 Å². The maximum Gasteiger partial charge on any atom is 0.406 e. The average molecular weight is 242 g/mol. The van der Waals surface area contributed by atoms with E-state index in [0.29, 0.717) is 24.8 Å². The summed E-state index contributed by atoms with van der Waals surface area (Å²) in [6.45, 7) is 6.62. The summed E-state index contributed by atoms with van der Waals surface area (Å²) in [5.41, 5.74) is 0. The molecule has 0 bridgehead atoms. The van der Waals surface area contributed by atoms with Crippen molar-refractivity contribution >= 4 is 11.6 Å². The number of hydrogen-bond acceptors (Lipinski definition) is 5. The van der Waals surface area contributed by atoms with Gasteiger partial charge in [-0.25, -0.2) is 0 Å². The van der Waals surface area contributed by atoms with Gasteiger partial charge in [-0.15, -0.1) is 0 Å². The lowest BCUT2D eigenvalue weighted by atomic mass is 10.5. The number of ether oxygens (including phenoxy) is 1. The van der Waals surface area contributed by atoms with E-state index in [1.165, 1.54) is 0 Å². The molecule has 0 aromatic carbocycles. The van der Waals surface area contributed by atoms with Crippen LogP contribution < -0.4 is 5.32 Å². The van der Waals surface area contributed by atoms with Crippen LogP contribution in [0.25, 0.3) is 0 Å². The highest BCUT2D eigenvalue weighted by Gasteiger charge is 2.22. The van der Waals surface area contributed by atoms with Crippen molar-refractivity contribution in [2.24, 2.45) is 7.05 Å². The number of rotatable bonds is 6. The zero-order valence-electron chi connectivity index (χ0n) is 10.6. The number of nitrogens with one attached hydrogen (secondary N) is 1. The van der Waals surface area contributed by atoms with Gasteiger partial charge in [-0.3, -0.25) is 4.57 Å². The van der Waals surface area contributed by atoms with Crippen LogP contribution in [-0.2, 0) is 11.8 Å². The summed E-state index contributed by atoms with van der Waals surface area (Å²) < 4.78 is 7.01. The average Bonchev–Trinajstić information content (AvgIpc) is 2.51. The fourth-order valence-electron chi connectivity index (χ4n) is 1.38. The lowest BCUT2D eigenvalue weighted by Crippen LogP contribution is -2.15. The van der Waals surface area contributed by atoms with Crippen molar-refractivity contribution in [3.05, 3.63) is 15.9 Å². The molecule has 0 saturated heterocycles. The molecule has 1 heterocycles. The molecule has 0 atom stereocenters. The number of aromatic nitrogens is 2. The molecular formula is C10H18N4O3. The minimum Gasteiger partial charge on any atom is -0.377 e. The third-order valence-corrected chi connectivity index (χ3v) is 2.32. The van der Waals surface area contributed by atoms with Crippen molar-refractivity contribution < 1.29 is 9.66 Å². The molecule has 0 unspecified atom stereocenters.